The molecule has 0 aliphatic heterocycles. The predicted molar refractivity (Wildman–Crippen MR) is 100 cm³/mol. The highest BCUT2D eigenvalue weighted by Gasteiger charge is 2.15. The lowest BCUT2D eigenvalue weighted by Gasteiger charge is -2.16. The Morgan fingerprint density at radius 2 is 1.88 bits per heavy atom. The Bertz CT molecular complexity index is 942. The minimum atomic E-state index is -0.0724. The zero-order valence-electron chi connectivity index (χ0n) is 14.0. The molecule has 0 radical (unpaired) electrons. The van der Waals surface area contributed by atoms with Crippen molar-refractivity contribution in [2.24, 2.45) is 0 Å². The molecule has 4 rings (SSSR count). The maximum absolute atomic E-state index is 12.6. The normalized spacial score (nSPS) is 13.8. The van der Waals surface area contributed by atoms with Gasteiger partial charge in [0, 0.05) is 5.56 Å². The molecule has 1 amide bonds. The van der Waals surface area contributed by atoms with E-state index in [0.717, 1.165) is 28.6 Å². The molecule has 0 spiro atoms. The largest absolute Gasteiger partial charge is 0.298 e. The first-order chi connectivity index (χ1) is 11.6. The summed E-state index contributed by atoms with van der Waals surface area (Å²) in [5.74, 6) is -0.0724. The van der Waals surface area contributed by atoms with Gasteiger partial charge in [0.05, 0.1) is 10.2 Å². The second-order valence-corrected chi connectivity index (χ2v) is 7.59. The van der Waals surface area contributed by atoms with E-state index in [9.17, 15) is 4.79 Å². The Morgan fingerprint density at radius 1 is 1.08 bits per heavy atom. The summed E-state index contributed by atoms with van der Waals surface area (Å²) < 4.78 is 1.14. The molecule has 3 aromatic rings. The van der Waals surface area contributed by atoms with Gasteiger partial charge in [0.25, 0.3) is 5.91 Å². The van der Waals surface area contributed by atoms with Crippen molar-refractivity contribution in [3.05, 3.63) is 58.1 Å². The minimum absolute atomic E-state index is 0.0724. The van der Waals surface area contributed by atoms with E-state index in [4.69, 9.17) is 0 Å². The average Bonchev–Trinajstić information content (AvgIpc) is 2.97. The Labute approximate surface area is 145 Å². The summed E-state index contributed by atoms with van der Waals surface area (Å²) in [5, 5.41) is 3.64. The monoisotopic (exact) mass is 336 g/mol. The summed E-state index contributed by atoms with van der Waals surface area (Å²) in [4.78, 5) is 17.2. The highest BCUT2D eigenvalue weighted by molar-refractivity contribution is 7.22. The first-order valence-corrected chi connectivity index (χ1v) is 9.23. The van der Waals surface area contributed by atoms with E-state index in [1.807, 2.05) is 12.1 Å². The fourth-order valence-corrected chi connectivity index (χ4v) is 4.38. The smallest absolute Gasteiger partial charge is 0.257 e. The maximum Gasteiger partial charge on any atom is 0.257 e. The fraction of sp³-hybridized carbons (Fsp3) is 0.300. The lowest BCUT2D eigenvalue weighted by atomic mass is 9.90. The zero-order chi connectivity index (χ0) is 16.7. The highest BCUT2D eigenvalue weighted by Crippen LogP contribution is 2.30. The van der Waals surface area contributed by atoms with Gasteiger partial charge in [-0.3, -0.25) is 10.1 Å². The van der Waals surface area contributed by atoms with Gasteiger partial charge in [0.15, 0.2) is 5.13 Å². The van der Waals surface area contributed by atoms with Crippen LogP contribution in [0.4, 0.5) is 5.13 Å². The standard InChI is InChI=1S/C20H20N2OS/c1-12-9-13(2)18-17(10-12)21-20(24-18)22-19(23)16-8-7-14-5-3-4-6-15(14)11-16/h7-11H,3-6H2,1-2H3,(H,21,22,23). The molecule has 0 unspecified atom stereocenters. The van der Waals surface area contributed by atoms with Crippen molar-refractivity contribution in [1.82, 2.24) is 4.98 Å². The molecule has 2 aromatic carbocycles. The summed E-state index contributed by atoms with van der Waals surface area (Å²) in [6.45, 7) is 4.15. The Kier molecular flexibility index (Phi) is 3.85. The van der Waals surface area contributed by atoms with Gasteiger partial charge in [-0.15, -0.1) is 0 Å². The first-order valence-electron chi connectivity index (χ1n) is 8.41. The molecular weight excluding hydrogens is 316 g/mol. The number of hydrogen-bond donors (Lipinski definition) is 1. The molecule has 4 heteroatoms. The third-order valence-electron chi connectivity index (χ3n) is 4.65. The molecule has 24 heavy (non-hydrogen) atoms. The van der Waals surface area contributed by atoms with Crippen molar-refractivity contribution < 1.29 is 4.79 Å². The number of aryl methyl sites for hydroxylation is 4. The van der Waals surface area contributed by atoms with Crippen LogP contribution in [-0.4, -0.2) is 10.9 Å². The summed E-state index contributed by atoms with van der Waals surface area (Å²) in [6, 6.07) is 10.3. The summed E-state index contributed by atoms with van der Waals surface area (Å²) >= 11 is 1.54. The maximum atomic E-state index is 12.6. The Hall–Kier alpha value is -2.20. The number of carbonyl (C=O) groups is 1. The van der Waals surface area contributed by atoms with Crippen LogP contribution in [0.25, 0.3) is 10.2 Å². The van der Waals surface area contributed by atoms with E-state index in [0.29, 0.717) is 5.13 Å². The van der Waals surface area contributed by atoms with Crippen molar-refractivity contribution in [3.63, 3.8) is 0 Å². The van der Waals surface area contributed by atoms with E-state index >= 15 is 0 Å². The number of fused-ring (bicyclic) bond motifs is 2. The highest BCUT2D eigenvalue weighted by atomic mass is 32.1. The Morgan fingerprint density at radius 3 is 2.71 bits per heavy atom. The first kappa shape index (κ1) is 15.3. The third kappa shape index (κ3) is 2.82. The SMILES string of the molecule is Cc1cc(C)c2sc(NC(=O)c3ccc4c(c3)CCCC4)nc2c1. The second-order valence-electron chi connectivity index (χ2n) is 6.59. The molecule has 0 atom stereocenters. The second kappa shape index (κ2) is 6.02. The summed E-state index contributed by atoms with van der Waals surface area (Å²) in [5.41, 5.74) is 6.80. The molecule has 1 aliphatic rings. The number of rotatable bonds is 2. The van der Waals surface area contributed by atoms with Gasteiger partial charge in [-0.05, 0) is 80.0 Å². The van der Waals surface area contributed by atoms with Crippen LogP contribution >= 0.6 is 11.3 Å². The quantitative estimate of drug-likeness (QED) is 0.712. The number of nitrogens with one attached hydrogen (secondary N) is 1. The van der Waals surface area contributed by atoms with Crippen LogP contribution in [0.2, 0.25) is 0 Å². The van der Waals surface area contributed by atoms with E-state index in [1.165, 1.54) is 35.1 Å². The van der Waals surface area contributed by atoms with Crippen molar-refractivity contribution in [2.75, 3.05) is 5.32 Å². The van der Waals surface area contributed by atoms with Gasteiger partial charge in [0.2, 0.25) is 0 Å². The van der Waals surface area contributed by atoms with Crippen LogP contribution in [-0.2, 0) is 12.8 Å². The van der Waals surface area contributed by atoms with Gasteiger partial charge in [-0.2, -0.15) is 0 Å². The molecule has 1 N–H and O–H groups in total. The number of benzene rings is 2. The summed E-state index contributed by atoms with van der Waals surface area (Å²) in [7, 11) is 0. The van der Waals surface area contributed by atoms with Crippen LogP contribution in [0.15, 0.2) is 30.3 Å². The van der Waals surface area contributed by atoms with Gasteiger partial charge in [-0.1, -0.05) is 23.5 Å². The molecule has 122 valence electrons. The number of anilines is 1. The molecule has 3 nitrogen and oxygen atoms in total. The molecule has 0 fully saturated rings. The fourth-order valence-electron chi connectivity index (χ4n) is 3.47. The van der Waals surface area contributed by atoms with Gasteiger partial charge in [0.1, 0.15) is 0 Å². The van der Waals surface area contributed by atoms with Crippen LogP contribution < -0.4 is 5.32 Å². The third-order valence-corrected chi connectivity index (χ3v) is 5.77. The van der Waals surface area contributed by atoms with E-state index in [2.05, 4.69) is 42.3 Å². The van der Waals surface area contributed by atoms with E-state index in [-0.39, 0.29) is 5.91 Å². The van der Waals surface area contributed by atoms with Crippen LogP contribution in [0.5, 0.6) is 0 Å². The molecule has 1 aromatic heterocycles. The number of amides is 1. The number of hydrogen-bond acceptors (Lipinski definition) is 3. The molecule has 0 saturated heterocycles. The van der Waals surface area contributed by atoms with Crippen molar-refractivity contribution in [3.8, 4) is 0 Å². The van der Waals surface area contributed by atoms with Crippen molar-refractivity contribution in [2.45, 2.75) is 39.5 Å². The molecule has 1 aliphatic carbocycles. The molecule has 0 bridgehead atoms. The summed E-state index contributed by atoms with van der Waals surface area (Å²) in [6.07, 6.45) is 4.68. The van der Waals surface area contributed by atoms with Crippen LogP contribution in [0.3, 0.4) is 0 Å². The lowest BCUT2D eigenvalue weighted by molar-refractivity contribution is 0.102. The molecule has 1 heterocycles. The van der Waals surface area contributed by atoms with Crippen molar-refractivity contribution in [1.29, 1.82) is 0 Å². The molecule has 0 saturated carbocycles. The van der Waals surface area contributed by atoms with E-state index in [1.54, 1.807) is 11.3 Å². The lowest BCUT2D eigenvalue weighted by Crippen LogP contribution is -2.13. The van der Waals surface area contributed by atoms with Gasteiger partial charge < -0.3 is 0 Å². The van der Waals surface area contributed by atoms with Crippen molar-refractivity contribution >= 4 is 32.6 Å². The zero-order valence-corrected chi connectivity index (χ0v) is 14.8. The van der Waals surface area contributed by atoms with Gasteiger partial charge >= 0.3 is 0 Å². The number of thiazole rings is 1. The number of carbonyl (C=O) groups excluding carboxylic acids is 1. The minimum Gasteiger partial charge on any atom is -0.298 e. The van der Waals surface area contributed by atoms with Gasteiger partial charge in [-0.25, -0.2) is 4.98 Å². The average molecular weight is 336 g/mol. The Balaban J connectivity index is 1.61. The number of nitrogens with zero attached hydrogens (tertiary/aromatic N) is 1. The predicted octanol–water partition coefficient (Wildman–Crippen LogP) is 5.04. The van der Waals surface area contributed by atoms with Crippen LogP contribution in [0.1, 0.15) is 45.5 Å². The molecular formula is C20H20N2OS. The number of aromatic nitrogens is 1. The topological polar surface area (TPSA) is 42.0 Å². The van der Waals surface area contributed by atoms with Crippen LogP contribution in [0, 0.1) is 13.8 Å². The van der Waals surface area contributed by atoms with E-state index < -0.39 is 0 Å².